The number of carboxylic acid groups (broad SMARTS) is 1. The van der Waals surface area contributed by atoms with Crippen molar-refractivity contribution in [2.45, 2.75) is 56.3 Å². The fourth-order valence-corrected chi connectivity index (χ4v) is 3.97. The molecule has 0 aliphatic carbocycles. The number of aliphatic carboxylic acids is 1. The SMILES string of the molecule is [B]CCCCC(CCN1CCC(c2ccc(Cl)cc2)CC1)(NC)C(=O)O. The summed E-state index contributed by atoms with van der Waals surface area (Å²) in [6, 6.07) is 8.16. The summed E-state index contributed by atoms with van der Waals surface area (Å²) in [6.07, 6.45) is 5.76. The van der Waals surface area contributed by atoms with Crippen molar-refractivity contribution >= 4 is 25.4 Å². The van der Waals surface area contributed by atoms with Gasteiger partial charge in [0.25, 0.3) is 0 Å². The highest BCUT2D eigenvalue weighted by atomic mass is 35.5. The molecule has 1 saturated heterocycles. The lowest BCUT2D eigenvalue weighted by Gasteiger charge is -2.36. The molecule has 0 spiro atoms. The second-order valence-corrected chi connectivity index (χ2v) is 7.74. The van der Waals surface area contributed by atoms with Crippen molar-refractivity contribution < 1.29 is 9.90 Å². The molecule has 1 aromatic carbocycles. The number of rotatable bonds is 10. The van der Waals surface area contributed by atoms with E-state index in [0.29, 0.717) is 25.1 Å². The van der Waals surface area contributed by atoms with Crippen LogP contribution in [0.3, 0.4) is 0 Å². The van der Waals surface area contributed by atoms with E-state index in [-0.39, 0.29) is 0 Å². The number of likely N-dealkylation sites (N-methyl/N-ethyl adjacent to an activating group) is 1. The molecule has 26 heavy (non-hydrogen) atoms. The second kappa shape index (κ2) is 10.3. The van der Waals surface area contributed by atoms with Crippen molar-refractivity contribution in [1.82, 2.24) is 10.2 Å². The molecular formula is C20H30BClN2O2. The van der Waals surface area contributed by atoms with Gasteiger partial charge in [0.05, 0.1) is 7.85 Å². The predicted octanol–water partition coefficient (Wildman–Crippen LogP) is 3.71. The minimum Gasteiger partial charge on any atom is -0.480 e. The van der Waals surface area contributed by atoms with E-state index in [0.717, 1.165) is 50.3 Å². The topological polar surface area (TPSA) is 52.6 Å². The molecule has 1 unspecified atom stereocenters. The quantitative estimate of drug-likeness (QED) is 0.483. The van der Waals surface area contributed by atoms with E-state index in [1.54, 1.807) is 7.05 Å². The van der Waals surface area contributed by atoms with Gasteiger partial charge in [0.15, 0.2) is 0 Å². The number of halogens is 1. The third kappa shape index (κ3) is 5.73. The van der Waals surface area contributed by atoms with Crippen molar-refractivity contribution in [3.63, 3.8) is 0 Å². The molecule has 0 bridgehead atoms. The van der Waals surface area contributed by atoms with Crippen LogP contribution in [0.25, 0.3) is 0 Å². The van der Waals surface area contributed by atoms with E-state index in [4.69, 9.17) is 19.4 Å². The molecule has 142 valence electrons. The number of benzene rings is 1. The molecule has 2 N–H and O–H groups in total. The van der Waals surface area contributed by atoms with Crippen LogP contribution in [0.4, 0.5) is 0 Å². The smallest absolute Gasteiger partial charge is 0.323 e. The van der Waals surface area contributed by atoms with Crippen molar-refractivity contribution in [2.24, 2.45) is 0 Å². The van der Waals surface area contributed by atoms with Crippen LogP contribution in [0.2, 0.25) is 11.3 Å². The van der Waals surface area contributed by atoms with Crippen molar-refractivity contribution in [2.75, 3.05) is 26.7 Å². The summed E-state index contributed by atoms with van der Waals surface area (Å²) in [5.74, 6) is -0.185. The number of piperidine rings is 1. The summed E-state index contributed by atoms with van der Waals surface area (Å²) in [5, 5.41) is 13.6. The Balaban J connectivity index is 1.85. The number of hydrogen-bond donors (Lipinski definition) is 2. The first-order valence-electron chi connectivity index (χ1n) is 9.61. The lowest BCUT2D eigenvalue weighted by Crippen LogP contribution is -2.52. The lowest BCUT2D eigenvalue weighted by atomic mass is 9.86. The van der Waals surface area contributed by atoms with Gasteiger partial charge in [-0.2, -0.15) is 0 Å². The summed E-state index contributed by atoms with van der Waals surface area (Å²) >= 11 is 5.97. The van der Waals surface area contributed by atoms with E-state index in [1.165, 1.54) is 5.56 Å². The van der Waals surface area contributed by atoms with Gasteiger partial charge in [-0.05, 0) is 69.4 Å². The first kappa shape index (κ1) is 21.3. The van der Waals surface area contributed by atoms with E-state index >= 15 is 0 Å². The zero-order chi connectivity index (χ0) is 19.0. The van der Waals surface area contributed by atoms with Crippen molar-refractivity contribution in [3.8, 4) is 0 Å². The van der Waals surface area contributed by atoms with Crippen LogP contribution in [0.5, 0.6) is 0 Å². The highest BCUT2D eigenvalue weighted by Gasteiger charge is 2.36. The molecule has 0 amide bonds. The Morgan fingerprint density at radius 3 is 2.46 bits per heavy atom. The van der Waals surface area contributed by atoms with E-state index in [9.17, 15) is 9.90 Å². The van der Waals surface area contributed by atoms with Crippen molar-refractivity contribution in [3.05, 3.63) is 34.9 Å². The van der Waals surface area contributed by atoms with Gasteiger partial charge in [-0.15, -0.1) is 0 Å². The molecule has 1 aromatic rings. The minimum atomic E-state index is -0.845. The molecule has 1 fully saturated rings. The van der Waals surface area contributed by atoms with Crippen LogP contribution in [0.15, 0.2) is 24.3 Å². The summed E-state index contributed by atoms with van der Waals surface area (Å²) < 4.78 is 0. The predicted molar refractivity (Wildman–Crippen MR) is 108 cm³/mol. The Morgan fingerprint density at radius 1 is 1.27 bits per heavy atom. The summed E-state index contributed by atoms with van der Waals surface area (Å²) in [4.78, 5) is 14.3. The van der Waals surface area contributed by atoms with Gasteiger partial charge in [-0.25, -0.2) is 0 Å². The van der Waals surface area contributed by atoms with E-state index in [1.807, 2.05) is 12.1 Å². The zero-order valence-electron chi connectivity index (χ0n) is 15.7. The van der Waals surface area contributed by atoms with Gasteiger partial charge in [-0.3, -0.25) is 4.79 Å². The van der Waals surface area contributed by atoms with Gasteiger partial charge in [-0.1, -0.05) is 42.9 Å². The third-order valence-corrected chi connectivity index (χ3v) is 5.98. The van der Waals surface area contributed by atoms with E-state index < -0.39 is 11.5 Å². The number of nitrogens with one attached hydrogen (secondary N) is 1. The molecule has 2 radical (unpaired) electrons. The summed E-state index contributed by atoms with van der Waals surface area (Å²) in [5.41, 5.74) is 0.508. The van der Waals surface area contributed by atoms with Gasteiger partial charge in [0.2, 0.25) is 0 Å². The number of carboxylic acids is 1. The molecule has 0 aromatic heterocycles. The Bertz CT molecular complexity index is 561. The van der Waals surface area contributed by atoms with Gasteiger partial charge in [0.1, 0.15) is 5.54 Å². The Morgan fingerprint density at radius 2 is 1.92 bits per heavy atom. The molecule has 1 atom stereocenters. The summed E-state index contributed by atoms with van der Waals surface area (Å²) in [6.45, 7) is 2.83. The van der Waals surface area contributed by atoms with Crippen LogP contribution < -0.4 is 5.32 Å². The number of likely N-dealkylation sites (tertiary alicyclic amines) is 1. The van der Waals surface area contributed by atoms with Gasteiger partial charge in [0, 0.05) is 11.6 Å². The maximum atomic E-state index is 11.9. The maximum Gasteiger partial charge on any atom is 0.323 e. The Hall–Kier alpha value is -1.04. The average Bonchev–Trinajstić information content (AvgIpc) is 2.65. The van der Waals surface area contributed by atoms with Gasteiger partial charge >= 0.3 is 5.97 Å². The summed E-state index contributed by atoms with van der Waals surface area (Å²) in [7, 11) is 7.31. The number of nitrogens with zero attached hydrogens (tertiary/aromatic N) is 1. The van der Waals surface area contributed by atoms with Crippen LogP contribution in [0.1, 0.15) is 50.0 Å². The molecule has 4 nitrogen and oxygen atoms in total. The average molecular weight is 377 g/mol. The van der Waals surface area contributed by atoms with Crippen LogP contribution in [-0.2, 0) is 4.79 Å². The molecule has 1 aliphatic heterocycles. The highest BCUT2D eigenvalue weighted by molar-refractivity contribution is 6.30. The fourth-order valence-electron chi connectivity index (χ4n) is 3.84. The Kier molecular flexibility index (Phi) is 8.46. The first-order chi connectivity index (χ1) is 12.5. The molecule has 2 rings (SSSR count). The minimum absolute atomic E-state index is 0.571. The number of unbranched alkanes of at least 4 members (excludes halogenated alkanes) is 1. The first-order valence-corrected chi connectivity index (χ1v) is 9.99. The van der Waals surface area contributed by atoms with Crippen molar-refractivity contribution in [1.29, 1.82) is 0 Å². The largest absolute Gasteiger partial charge is 0.480 e. The maximum absolute atomic E-state index is 11.9. The second-order valence-electron chi connectivity index (χ2n) is 7.30. The fraction of sp³-hybridized carbons (Fsp3) is 0.650. The standard InChI is InChI=1S/C20H30BClN2O2/c1-23-20(19(25)26,10-2-3-12-21)11-15-24-13-8-17(9-14-24)16-4-6-18(22)7-5-16/h4-7,17,23H,2-3,8-15H2,1H3,(H,25,26). The molecule has 6 heteroatoms. The van der Waals surface area contributed by atoms with Crippen LogP contribution in [0, 0.1) is 0 Å². The molecule has 1 aliphatic rings. The van der Waals surface area contributed by atoms with Crippen LogP contribution >= 0.6 is 11.6 Å². The lowest BCUT2D eigenvalue weighted by molar-refractivity contribution is -0.145. The third-order valence-electron chi connectivity index (χ3n) is 5.73. The number of carbonyl (C=O) groups is 1. The molecular weight excluding hydrogens is 346 g/mol. The van der Waals surface area contributed by atoms with Gasteiger partial charge < -0.3 is 15.3 Å². The highest BCUT2D eigenvalue weighted by Crippen LogP contribution is 2.29. The number of hydrogen-bond acceptors (Lipinski definition) is 3. The van der Waals surface area contributed by atoms with E-state index in [2.05, 4.69) is 22.3 Å². The molecule has 1 heterocycles. The monoisotopic (exact) mass is 376 g/mol. The molecule has 0 saturated carbocycles. The normalized spacial score (nSPS) is 18.5. The Labute approximate surface area is 163 Å². The zero-order valence-corrected chi connectivity index (χ0v) is 16.5. The van der Waals surface area contributed by atoms with Crippen LogP contribution in [-0.4, -0.2) is 56.0 Å².